The summed E-state index contributed by atoms with van der Waals surface area (Å²) in [6, 6.07) is 2.72. The van der Waals surface area contributed by atoms with E-state index in [9.17, 15) is 4.79 Å². The van der Waals surface area contributed by atoms with Crippen LogP contribution in [0.25, 0.3) is 5.57 Å². The number of hydrogen-bond acceptors (Lipinski definition) is 3. The maximum Gasteiger partial charge on any atom is 0.409 e. The van der Waals surface area contributed by atoms with Crippen molar-refractivity contribution in [3.05, 3.63) is 35.7 Å². The standard InChI is InChI=1S/C26H36N2O2/c1-5-17-14-18(16-27-15-17)20-7-8-21-19-6-9-23-26(3,12-13-28(23)24(29)30-4)22(19)10-11-25(20,21)2/h7,14-16,19,21-23H,5-6,8-13H2,1-4H3. The first-order valence-corrected chi connectivity index (χ1v) is 11.9. The molecule has 30 heavy (non-hydrogen) atoms. The number of carbonyl (C=O) groups is 1. The van der Waals surface area contributed by atoms with Crippen LogP contribution in [0.15, 0.2) is 24.5 Å². The van der Waals surface area contributed by atoms with Crippen LogP contribution in [0.1, 0.15) is 70.4 Å². The lowest BCUT2D eigenvalue weighted by Gasteiger charge is -2.57. The summed E-state index contributed by atoms with van der Waals surface area (Å²) < 4.78 is 5.10. The molecular weight excluding hydrogens is 372 g/mol. The molecule has 5 rings (SSSR count). The van der Waals surface area contributed by atoms with Gasteiger partial charge in [-0.1, -0.05) is 26.8 Å². The van der Waals surface area contributed by atoms with Crippen LogP contribution >= 0.6 is 0 Å². The van der Waals surface area contributed by atoms with Crippen molar-refractivity contribution in [3.63, 3.8) is 0 Å². The lowest BCUT2D eigenvalue weighted by atomic mass is 9.48. The fourth-order valence-corrected chi connectivity index (χ4v) is 8.00. The molecule has 1 saturated heterocycles. The Bertz CT molecular complexity index is 880. The van der Waals surface area contributed by atoms with Crippen molar-refractivity contribution in [1.82, 2.24) is 9.88 Å². The third-order valence-corrected chi connectivity index (χ3v) is 9.59. The molecule has 1 aliphatic heterocycles. The number of likely N-dealkylation sites (tertiary alicyclic amines) is 1. The monoisotopic (exact) mass is 408 g/mol. The second-order valence-corrected chi connectivity index (χ2v) is 10.6. The molecule has 1 amide bonds. The fourth-order valence-electron chi connectivity index (χ4n) is 8.00. The number of aromatic nitrogens is 1. The fraction of sp³-hybridized carbons (Fsp3) is 0.692. The van der Waals surface area contributed by atoms with Crippen LogP contribution in [0, 0.1) is 28.6 Å². The number of hydrogen-bond donors (Lipinski definition) is 0. The van der Waals surface area contributed by atoms with Crippen LogP contribution in [0.3, 0.4) is 0 Å². The highest BCUT2D eigenvalue weighted by molar-refractivity contribution is 5.73. The van der Waals surface area contributed by atoms with E-state index in [1.165, 1.54) is 43.9 Å². The van der Waals surface area contributed by atoms with Crippen molar-refractivity contribution in [1.29, 1.82) is 0 Å². The summed E-state index contributed by atoms with van der Waals surface area (Å²) in [5.74, 6) is 2.21. The second kappa shape index (κ2) is 7.10. The number of rotatable bonds is 2. The molecule has 1 aromatic rings. The molecule has 6 unspecified atom stereocenters. The summed E-state index contributed by atoms with van der Waals surface area (Å²) in [5.41, 5.74) is 4.72. The van der Waals surface area contributed by atoms with E-state index in [-0.39, 0.29) is 16.9 Å². The highest BCUT2D eigenvalue weighted by Gasteiger charge is 2.61. The molecule has 0 radical (unpaired) electrons. The van der Waals surface area contributed by atoms with E-state index in [1.54, 1.807) is 5.57 Å². The smallest absolute Gasteiger partial charge is 0.409 e. The molecular formula is C26H36N2O2. The molecule has 162 valence electrons. The van der Waals surface area contributed by atoms with Gasteiger partial charge in [0.1, 0.15) is 0 Å². The van der Waals surface area contributed by atoms with Crippen LogP contribution in [0.5, 0.6) is 0 Å². The Kier molecular flexibility index (Phi) is 4.75. The topological polar surface area (TPSA) is 42.4 Å². The van der Waals surface area contributed by atoms with Gasteiger partial charge in [-0.3, -0.25) is 4.98 Å². The van der Waals surface area contributed by atoms with Crippen LogP contribution in [0.4, 0.5) is 4.79 Å². The summed E-state index contributed by atoms with van der Waals surface area (Å²) in [4.78, 5) is 18.9. The van der Waals surface area contributed by atoms with Crippen molar-refractivity contribution >= 4 is 11.7 Å². The maximum atomic E-state index is 12.3. The Balaban J connectivity index is 1.42. The SMILES string of the molecule is CCc1cncc(C2=CCC3C4CCC5N(C(=O)OC)CCC5(C)C4CCC23C)c1. The first-order chi connectivity index (χ1) is 14.4. The number of pyridine rings is 1. The van der Waals surface area contributed by atoms with Gasteiger partial charge in [0.2, 0.25) is 0 Å². The molecule has 2 saturated carbocycles. The molecule has 0 aromatic carbocycles. The van der Waals surface area contributed by atoms with Gasteiger partial charge in [-0.25, -0.2) is 4.79 Å². The Morgan fingerprint density at radius 1 is 1.20 bits per heavy atom. The van der Waals surface area contributed by atoms with E-state index in [4.69, 9.17) is 4.74 Å². The van der Waals surface area contributed by atoms with Crippen molar-refractivity contribution in [3.8, 4) is 0 Å². The Morgan fingerprint density at radius 2 is 2.03 bits per heavy atom. The molecule has 0 spiro atoms. The van der Waals surface area contributed by atoms with Crippen molar-refractivity contribution < 1.29 is 9.53 Å². The van der Waals surface area contributed by atoms with E-state index in [0.29, 0.717) is 6.04 Å². The minimum absolute atomic E-state index is 0.129. The molecule has 0 N–H and O–H groups in total. The molecule has 6 atom stereocenters. The highest BCUT2D eigenvalue weighted by atomic mass is 16.5. The highest BCUT2D eigenvalue weighted by Crippen LogP contribution is 2.66. The zero-order chi connectivity index (χ0) is 21.1. The van der Waals surface area contributed by atoms with E-state index in [0.717, 1.165) is 43.6 Å². The largest absolute Gasteiger partial charge is 0.453 e. The van der Waals surface area contributed by atoms with E-state index >= 15 is 0 Å². The van der Waals surface area contributed by atoms with Crippen LogP contribution < -0.4 is 0 Å². The Labute approximate surface area is 181 Å². The number of nitrogens with zero attached hydrogens (tertiary/aromatic N) is 2. The minimum Gasteiger partial charge on any atom is -0.453 e. The van der Waals surface area contributed by atoms with Gasteiger partial charge in [0.05, 0.1) is 7.11 Å². The number of fused-ring (bicyclic) bond motifs is 5. The molecule has 4 aliphatic rings. The number of aryl methyl sites for hydroxylation is 1. The van der Waals surface area contributed by atoms with Crippen LogP contribution in [-0.4, -0.2) is 35.7 Å². The van der Waals surface area contributed by atoms with E-state index in [2.05, 4.69) is 44.1 Å². The first kappa shape index (κ1) is 20.1. The molecule has 0 bridgehead atoms. The molecule has 3 aliphatic carbocycles. The summed E-state index contributed by atoms with van der Waals surface area (Å²) >= 11 is 0. The Morgan fingerprint density at radius 3 is 2.80 bits per heavy atom. The predicted octanol–water partition coefficient (Wildman–Crippen LogP) is 5.72. The molecule has 1 aromatic heterocycles. The van der Waals surface area contributed by atoms with E-state index < -0.39 is 0 Å². The minimum atomic E-state index is -0.129. The van der Waals surface area contributed by atoms with Gasteiger partial charge in [0.25, 0.3) is 0 Å². The maximum absolute atomic E-state index is 12.3. The van der Waals surface area contributed by atoms with Gasteiger partial charge in [-0.2, -0.15) is 0 Å². The van der Waals surface area contributed by atoms with Gasteiger partial charge in [-0.05, 0) is 96.3 Å². The first-order valence-electron chi connectivity index (χ1n) is 11.9. The van der Waals surface area contributed by atoms with E-state index in [1.807, 2.05) is 11.1 Å². The quantitative estimate of drug-likeness (QED) is 0.628. The Hall–Kier alpha value is -1.84. The zero-order valence-corrected chi connectivity index (χ0v) is 19.0. The van der Waals surface area contributed by atoms with Crippen LogP contribution in [-0.2, 0) is 11.2 Å². The third-order valence-electron chi connectivity index (χ3n) is 9.59. The third kappa shape index (κ3) is 2.71. The normalized spacial score (nSPS) is 39.7. The number of amides is 1. The molecule has 4 heteroatoms. The number of ether oxygens (including phenoxy) is 1. The predicted molar refractivity (Wildman–Crippen MR) is 119 cm³/mol. The van der Waals surface area contributed by atoms with Gasteiger partial charge < -0.3 is 9.64 Å². The van der Waals surface area contributed by atoms with Crippen molar-refractivity contribution in [2.75, 3.05) is 13.7 Å². The summed E-state index contributed by atoms with van der Waals surface area (Å²) in [7, 11) is 1.52. The summed E-state index contributed by atoms with van der Waals surface area (Å²) in [6.07, 6.45) is 14.7. The second-order valence-electron chi connectivity index (χ2n) is 10.6. The average Bonchev–Trinajstić information content (AvgIpc) is 3.30. The van der Waals surface area contributed by atoms with Crippen molar-refractivity contribution in [2.45, 2.75) is 71.8 Å². The average molecular weight is 409 g/mol. The van der Waals surface area contributed by atoms with Crippen LogP contribution in [0.2, 0.25) is 0 Å². The van der Waals surface area contributed by atoms with Gasteiger partial charge >= 0.3 is 6.09 Å². The van der Waals surface area contributed by atoms with Crippen molar-refractivity contribution in [2.24, 2.45) is 28.6 Å². The lowest BCUT2D eigenvalue weighted by Crippen LogP contribution is -2.54. The summed E-state index contributed by atoms with van der Waals surface area (Å²) in [5, 5.41) is 0. The van der Waals surface area contributed by atoms with Gasteiger partial charge in [0, 0.05) is 25.0 Å². The van der Waals surface area contributed by atoms with Gasteiger partial charge in [0.15, 0.2) is 0 Å². The van der Waals surface area contributed by atoms with Gasteiger partial charge in [-0.15, -0.1) is 0 Å². The summed E-state index contributed by atoms with van der Waals surface area (Å²) in [6.45, 7) is 8.06. The molecule has 4 nitrogen and oxygen atoms in total. The molecule has 2 heterocycles. The number of carbonyl (C=O) groups excluding carboxylic acids is 1. The lowest BCUT2D eigenvalue weighted by molar-refractivity contribution is -0.0608. The zero-order valence-electron chi connectivity index (χ0n) is 19.0. The number of allylic oxidation sites excluding steroid dienone is 2. The molecule has 3 fully saturated rings. The number of methoxy groups -OCH3 is 1.